The Balaban J connectivity index is 1.85. The number of benzene rings is 1. The normalized spacial score (nSPS) is 20.4. The van der Waals surface area contributed by atoms with E-state index in [0.29, 0.717) is 35.0 Å². The van der Waals surface area contributed by atoms with Crippen molar-refractivity contribution in [2.24, 2.45) is 10.9 Å². The first kappa shape index (κ1) is 21.7. The maximum Gasteiger partial charge on any atom is 0.235 e. The van der Waals surface area contributed by atoms with Crippen LogP contribution in [0.4, 0.5) is 5.82 Å². The highest BCUT2D eigenvalue weighted by atomic mass is 16.5. The largest absolute Gasteiger partial charge is 0.493 e. The molecule has 1 aromatic heterocycles. The highest BCUT2D eigenvalue weighted by Gasteiger charge is 2.43. The summed E-state index contributed by atoms with van der Waals surface area (Å²) < 4.78 is 11.2. The van der Waals surface area contributed by atoms with Gasteiger partial charge < -0.3 is 14.8 Å². The van der Waals surface area contributed by atoms with E-state index in [1.165, 1.54) is 0 Å². The molecule has 1 aromatic carbocycles. The number of carbonyl (C=O) groups is 2. The number of methoxy groups -OCH3 is 2. The van der Waals surface area contributed by atoms with Gasteiger partial charge in [0.15, 0.2) is 17.3 Å². The van der Waals surface area contributed by atoms with Crippen LogP contribution in [0.15, 0.2) is 52.8 Å². The molecule has 0 radical (unpaired) electrons. The molecule has 1 aliphatic heterocycles. The lowest BCUT2D eigenvalue weighted by Gasteiger charge is -2.35. The van der Waals surface area contributed by atoms with Crippen molar-refractivity contribution in [3.63, 3.8) is 0 Å². The van der Waals surface area contributed by atoms with Crippen molar-refractivity contribution >= 4 is 23.2 Å². The minimum absolute atomic E-state index is 0.0313. The van der Waals surface area contributed by atoms with Crippen LogP contribution in [-0.4, -0.2) is 36.6 Å². The van der Waals surface area contributed by atoms with Crippen LogP contribution in [0.3, 0.4) is 0 Å². The predicted molar refractivity (Wildman–Crippen MR) is 122 cm³/mol. The fourth-order valence-corrected chi connectivity index (χ4v) is 4.65. The fourth-order valence-electron chi connectivity index (χ4n) is 4.65. The van der Waals surface area contributed by atoms with E-state index in [4.69, 9.17) is 14.5 Å². The van der Waals surface area contributed by atoms with E-state index in [9.17, 15) is 9.59 Å². The Kier molecular flexibility index (Phi) is 6.08. The molecule has 1 amide bonds. The van der Waals surface area contributed by atoms with Crippen molar-refractivity contribution in [2.45, 2.75) is 39.0 Å². The third-order valence-electron chi connectivity index (χ3n) is 6.05. The number of nitrogens with zero attached hydrogens (tertiary/aromatic N) is 2. The van der Waals surface area contributed by atoms with Gasteiger partial charge in [0.25, 0.3) is 0 Å². The Labute approximate surface area is 187 Å². The lowest BCUT2D eigenvalue weighted by Crippen LogP contribution is -2.39. The van der Waals surface area contributed by atoms with E-state index in [1.54, 1.807) is 26.5 Å². The maximum absolute atomic E-state index is 13.6. The highest BCUT2D eigenvalue weighted by Crippen LogP contribution is 2.48. The molecular weight excluding hydrogens is 406 g/mol. The lowest BCUT2D eigenvalue weighted by atomic mass is 9.71. The van der Waals surface area contributed by atoms with E-state index < -0.39 is 11.8 Å². The second-order valence-corrected chi connectivity index (χ2v) is 8.14. The van der Waals surface area contributed by atoms with Crippen LogP contribution in [0, 0.1) is 12.8 Å². The van der Waals surface area contributed by atoms with Gasteiger partial charge in [-0.1, -0.05) is 12.1 Å². The Hall–Kier alpha value is -3.48. The molecule has 166 valence electrons. The number of rotatable bonds is 5. The molecule has 0 bridgehead atoms. The van der Waals surface area contributed by atoms with Crippen LogP contribution >= 0.6 is 0 Å². The molecule has 32 heavy (non-hydrogen) atoms. The number of Topliss-reactive ketones (excluding diaryl/α,β-unsaturated/α-hetero) is 1. The molecule has 0 saturated carbocycles. The number of hydrogen-bond donors (Lipinski definition) is 1. The van der Waals surface area contributed by atoms with Gasteiger partial charge in [-0.15, -0.1) is 0 Å². The molecule has 2 aliphatic rings. The predicted octanol–water partition coefficient (Wildman–Crippen LogP) is 4.23. The van der Waals surface area contributed by atoms with Crippen LogP contribution in [0.5, 0.6) is 11.5 Å². The maximum atomic E-state index is 13.6. The highest BCUT2D eigenvalue weighted by molar-refractivity contribution is 6.13. The summed E-state index contributed by atoms with van der Waals surface area (Å²) in [6.07, 6.45) is 3.58. The Morgan fingerprint density at radius 2 is 1.94 bits per heavy atom. The first-order chi connectivity index (χ1) is 15.4. The van der Waals surface area contributed by atoms with Crippen LogP contribution < -0.4 is 14.8 Å². The van der Waals surface area contributed by atoms with Crippen molar-refractivity contribution in [3.05, 3.63) is 58.9 Å². The van der Waals surface area contributed by atoms with Crippen molar-refractivity contribution in [1.82, 2.24) is 4.98 Å². The zero-order chi connectivity index (χ0) is 22.8. The van der Waals surface area contributed by atoms with Gasteiger partial charge in [0, 0.05) is 41.1 Å². The summed E-state index contributed by atoms with van der Waals surface area (Å²) >= 11 is 0. The standard InChI is InChI=1S/C25H27N3O4/c1-14-11-12-26-20(13-14)28-25(30)21-15(2)27-17-8-6-9-18(29)23(17)22(21)16-7-5-10-19(31-3)24(16)32-4/h5,7,10-13,21-22H,6,8-9H2,1-4H3,(H,26,28,30)/t21?,22-/m1/s1. The minimum Gasteiger partial charge on any atom is -0.493 e. The summed E-state index contributed by atoms with van der Waals surface area (Å²) in [5.74, 6) is 0.104. The van der Waals surface area contributed by atoms with Crippen molar-refractivity contribution in [3.8, 4) is 11.5 Å². The van der Waals surface area contributed by atoms with Crippen LogP contribution in [-0.2, 0) is 9.59 Å². The van der Waals surface area contributed by atoms with Crippen molar-refractivity contribution < 1.29 is 19.1 Å². The number of ether oxygens (including phenoxy) is 2. The van der Waals surface area contributed by atoms with Gasteiger partial charge in [-0.2, -0.15) is 0 Å². The third kappa shape index (κ3) is 3.90. The average Bonchev–Trinajstić information content (AvgIpc) is 2.77. The smallest absolute Gasteiger partial charge is 0.235 e. The summed E-state index contributed by atoms with van der Waals surface area (Å²) in [7, 11) is 3.13. The van der Waals surface area contributed by atoms with Crippen molar-refractivity contribution in [1.29, 1.82) is 0 Å². The SMILES string of the molecule is COc1cccc([C@H]2C3=C(CCCC3=O)N=C(C)C2C(=O)Nc2cc(C)ccn2)c1OC. The zero-order valence-corrected chi connectivity index (χ0v) is 18.8. The molecule has 1 aliphatic carbocycles. The number of allylic oxidation sites excluding steroid dienone is 2. The number of anilines is 1. The molecule has 0 spiro atoms. The second-order valence-electron chi connectivity index (χ2n) is 8.14. The quantitative estimate of drug-likeness (QED) is 0.762. The summed E-state index contributed by atoms with van der Waals surface area (Å²) in [5, 5.41) is 2.92. The summed E-state index contributed by atoms with van der Waals surface area (Å²) in [6, 6.07) is 9.22. The molecule has 1 N–H and O–H groups in total. The number of aryl methyl sites for hydroxylation is 1. The van der Waals surface area contributed by atoms with Gasteiger partial charge in [0.05, 0.1) is 20.1 Å². The summed E-state index contributed by atoms with van der Waals surface area (Å²) in [6.45, 7) is 3.78. The Morgan fingerprint density at radius 3 is 2.66 bits per heavy atom. The fraction of sp³-hybridized carbons (Fsp3) is 0.360. The second kappa shape index (κ2) is 8.94. The minimum atomic E-state index is -0.681. The number of carbonyl (C=O) groups excluding carboxylic acids is 2. The third-order valence-corrected chi connectivity index (χ3v) is 6.05. The van der Waals surface area contributed by atoms with Crippen LogP contribution in [0.2, 0.25) is 0 Å². The number of aliphatic imine (C=N–C) groups is 1. The van der Waals surface area contributed by atoms with E-state index in [-0.39, 0.29) is 11.7 Å². The van der Waals surface area contributed by atoms with Gasteiger partial charge in [0.1, 0.15) is 5.82 Å². The number of pyridine rings is 1. The zero-order valence-electron chi connectivity index (χ0n) is 18.8. The average molecular weight is 434 g/mol. The number of nitrogens with one attached hydrogen (secondary N) is 1. The first-order valence-electron chi connectivity index (χ1n) is 10.7. The molecule has 1 unspecified atom stereocenters. The van der Waals surface area contributed by atoms with E-state index in [1.807, 2.05) is 38.1 Å². The molecule has 2 atom stereocenters. The Bertz CT molecular complexity index is 1140. The summed E-state index contributed by atoms with van der Waals surface area (Å²) in [5.41, 5.74) is 3.76. The van der Waals surface area contributed by atoms with Gasteiger partial charge >= 0.3 is 0 Å². The first-order valence-corrected chi connectivity index (χ1v) is 10.7. The number of hydrogen-bond acceptors (Lipinski definition) is 6. The monoisotopic (exact) mass is 433 g/mol. The topological polar surface area (TPSA) is 89.9 Å². The molecule has 2 heterocycles. The molecule has 0 saturated heterocycles. The number of ketones is 1. The van der Waals surface area contributed by atoms with Crippen molar-refractivity contribution in [2.75, 3.05) is 19.5 Å². The lowest BCUT2D eigenvalue weighted by molar-refractivity contribution is -0.119. The molecule has 7 nitrogen and oxygen atoms in total. The molecular formula is C25H27N3O4. The van der Waals surface area contributed by atoms with Gasteiger partial charge in [-0.3, -0.25) is 14.6 Å². The van der Waals surface area contributed by atoms with Gasteiger partial charge in [0.2, 0.25) is 5.91 Å². The van der Waals surface area contributed by atoms with E-state index in [2.05, 4.69) is 10.3 Å². The number of para-hydroxylation sites is 1. The van der Waals surface area contributed by atoms with E-state index in [0.717, 1.165) is 29.7 Å². The summed E-state index contributed by atoms with van der Waals surface area (Å²) in [4.78, 5) is 35.6. The Morgan fingerprint density at radius 1 is 1.12 bits per heavy atom. The van der Waals surface area contributed by atoms with Gasteiger partial charge in [-0.25, -0.2) is 4.98 Å². The molecule has 4 rings (SSSR count). The number of amides is 1. The molecule has 2 aromatic rings. The molecule has 0 fully saturated rings. The van der Waals surface area contributed by atoms with Crippen LogP contribution in [0.25, 0.3) is 0 Å². The van der Waals surface area contributed by atoms with Crippen LogP contribution in [0.1, 0.15) is 43.2 Å². The van der Waals surface area contributed by atoms with E-state index >= 15 is 0 Å². The number of aromatic nitrogens is 1. The molecule has 7 heteroatoms. The van der Waals surface area contributed by atoms with Gasteiger partial charge in [-0.05, 0) is 50.5 Å².